The normalized spacial score (nSPS) is 23.0. The van der Waals surface area contributed by atoms with Gasteiger partial charge in [0.25, 0.3) is 0 Å². The molecular weight excluding hydrogens is 314 g/mol. The van der Waals surface area contributed by atoms with Gasteiger partial charge in [0.05, 0.1) is 5.88 Å². The highest BCUT2D eigenvalue weighted by Crippen LogP contribution is 2.34. The highest BCUT2D eigenvalue weighted by molar-refractivity contribution is 7.99. The van der Waals surface area contributed by atoms with Gasteiger partial charge in [0.15, 0.2) is 0 Å². The van der Waals surface area contributed by atoms with Crippen LogP contribution in [0.5, 0.6) is 0 Å². The summed E-state index contributed by atoms with van der Waals surface area (Å²) in [6, 6.07) is -0.0557. The number of carbonyl (C=O) groups is 2. The third-order valence-corrected chi connectivity index (χ3v) is 5.14. The number of thioether (sulfide) groups is 1. The van der Waals surface area contributed by atoms with E-state index in [-0.39, 0.29) is 5.91 Å². The Kier molecular flexibility index (Phi) is 5.84. The molecule has 0 aromatic rings. The van der Waals surface area contributed by atoms with Gasteiger partial charge >= 0.3 is 6.09 Å². The van der Waals surface area contributed by atoms with Crippen LogP contribution in [0.4, 0.5) is 4.79 Å². The van der Waals surface area contributed by atoms with Crippen molar-refractivity contribution in [3.05, 3.63) is 0 Å². The maximum Gasteiger partial charge on any atom is 0.411 e. The van der Waals surface area contributed by atoms with Crippen LogP contribution in [0, 0.1) is 5.92 Å². The minimum absolute atomic E-state index is 0.0756. The maximum absolute atomic E-state index is 12.5. The van der Waals surface area contributed by atoms with Crippen molar-refractivity contribution < 1.29 is 14.3 Å². The van der Waals surface area contributed by atoms with E-state index in [1.165, 1.54) is 17.7 Å². The minimum atomic E-state index is -0.548. The van der Waals surface area contributed by atoms with Gasteiger partial charge in [0.1, 0.15) is 11.6 Å². The zero-order valence-electron chi connectivity index (χ0n) is 14.8. The summed E-state index contributed by atoms with van der Waals surface area (Å²) in [7, 11) is 4.10. The van der Waals surface area contributed by atoms with Gasteiger partial charge < -0.3 is 15.0 Å². The Labute approximate surface area is 143 Å². The van der Waals surface area contributed by atoms with Gasteiger partial charge in [-0.2, -0.15) is 0 Å². The minimum Gasteiger partial charge on any atom is -0.444 e. The summed E-state index contributed by atoms with van der Waals surface area (Å²) >= 11 is 1.59. The van der Waals surface area contributed by atoms with Crippen molar-refractivity contribution in [2.24, 2.45) is 5.92 Å². The van der Waals surface area contributed by atoms with Gasteiger partial charge in [0, 0.05) is 18.3 Å². The largest absolute Gasteiger partial charge is 0.444 e. The second-order valence-electron chi connectivity index (χ2n) is 7.58. The monoisotopic (exact) mass is 343 g/mol. The smallest absolute Gasteiger partial charge is 0.411 e. The van der Waals surface area contributed by atoms with Crippen LogP contribution in [0.1, 0.15) is 33.6 Å². The number of nitrogens with zero attached hydrogens (tertiary/aromatic N) is 2. The van der Waals surface area contributed by atoms with E-state index in [2.05, 4.69) is 10.2 Å². The molecule has 0 bridgehead atoms. The van der Waals surface area contributed by atoms with Crippen LogP contribution >= 0.6 is 11.8 Å². The van der Waals surface area contributed by atoms with Crippen LogP contribution in [-0.2, 0) is 9.53 Å². The number of hydrogen-bond acceptors (Lipinski definition) is 5. The standard InChI is InChI=1S/C16H29N3O3S/c1-16(2,3)22-15(21)19-10-23-9-13(19)14(20)17-8-12(18(4)5)11-6-7-11/h11-13H,6-10H2,1-5H3,(H,17,20)/t12-,13+/m0/s1. The first-order valence-electron chi connectivity index (χ1n) is 8.20. The van der Waals surface area contributed by atoms with Crippen molar-refractivity contribution in [3.8, 4) is 0 Å². The van der Waals surface area contributed by atoms with Crippen LogP contribution < -0.4 is 5.32 Å². The number of rotatable bonds is 5. The molecule has 1 aliphatic carbocycles. The molecule has 2 rings (SSSR count). The SMILES string of the molecule is CN(C)[C@@H](CNC(=O)[C@H]1CSCN1C(=O)OC(C)(C)C)C1CC1. The molecule has 1 heterocycles. The number of likely N-dealkylation sites (N-methyl/N-ethyl adjacent to an activating group) is 1. The summed E-state index contributed by atoms with van der Waals surface area (Å²) in [5.74, 6) is 1.74. The van der Waals surface area contributed by atoms with E-state index < -0.39 is 17.7 Å². The van der Waals surface area contributed by atoms with Crippen molar-refractivity contribution in [2.75, 3.05) is 32.3 Å². The van der Waals surface area contributed by atoms with Gasteiger partial charge in [-0.15, -0.1) is 11.8 Å². The quantitative estimate of drug-likeness (QED) is 0.824. The van der Waals surface area contributed by atoms with E-state index in [9.17, 15) is 9.59 Å². The summed E-state index contributed by atoms with van der Waals surface area (Å²) in [5.41, 5.74) is -0.548. The van der Waals surface area contributed by atoms with E-state index in [1.54, 1.807) is 11.8 Å². The molecule has 1 aliphatic heterocycles. The number of carbonyl (C=O) groups excluding carboxylic acids is 2. The van der Waals surface area contributed by atoms with Gasteiger partial charge in [-0.05, 0) is 53.6 Å². The molecule has 6 nitrogen and oxygen atoms in total. The summed E-state index contributed by atoms with van der Waals surface area (Å²) in [6.07, 6.45) is 2.07. The molecule has 23 heavy (non-hydrogen) atoms. The highest BCUT2D eigenvalue weighted by atomic mass is 32.2. The third kappa shape index (κ3) is 5.28. The fraction of sp³-hybridized carbons (Fsp3) is 0.875. The first-order chi connectivity index (χ1) is 10.7. The first-order valence-corrected chi connectivity index (χ1v) is 9.36. The Morgan fingerprint density at radius 2 is 2.00 bits per heavy atom. The summed E-state index contributed by atoms with van der Waals surface area (Å²) in [4.78, 5) is 28.5. The van der Waals surface area contributed by atoms with Crippen LogP contribution in [-0.4, -0.2) is 71.8 Å². The van der Waals surface area contributed by atoms with Gasteiger partial charge in [-0.25, -0.2) is 4.79 Å². The topological polar surface area (TPSA) is 61.9 Å². The predicted molar refractivity (Wildman–Crippen MR) is 92.4 cm³/mol. The van der Waals surface area contributed by atoms with E-state index in [1.807, 2.05) is 34.9 Å². The number of amides is 2. The molecule has 1 N–H and O–H groups in total. The van der Waals surface area contributed by atoms with Crippen molar-refractivity contribution in [1.82, 2.24) is 15.1 Å². The number of hydrogen-bond donors (Lipinski definition) is 1. The lowest BCUT2D eigenvalue weighted by molar-refractivity contribution is -0.125. The maximum atomic E-state index is 12.5. The Bertz CT molecular complexity index is 444. The van der Waals surface area contributed by atoms with E-state index in [0.717, 1.165) is 0 Å². The Morgan fingerprint density at radius 1 is 1.35 bits per heavy atom. The summed E-state index contributed by atoms with van der Waals surface area (Å²) in [6.45, 7) is 6.14. The molecule has 7 heteroatoms. The number of ether oxygens (including phenoxy) is 1. The molecule has 132 valence electrons. The van der Waals surface area contributed by atoms with Crippen molar-refractivity contribution >= 4 is 23.8 Å². The average molecular weight is 343 g/mol. The molecule has 2 fully saturated rings. The van der Waals surface area contributed by atoms with Crippen molar-refractivity contribution in [2.45, 2.75) is 51.3 Å². The Hall–Kier alpha value is -0.950. The van der Waals surface area contributed by atoms with Crippen LogP contribution in [0.15, 0.2) is 0 Å². The lowest BCUT2D eigenvalue weighted by atomic mass is 10.1. The second-order valence-corrected chi connectivity index (χ2v) is 8.58. The van der Waals surface area contributed by atoms with E-state index >= 15 is 0 Å². The van der Waals surface area contributed by atoms with Gasteiger partial charge in [-0.1, -0.05) is 0 Å². The van der Waals surface area contributed by atoms with Crippen LogP contribution in [0.2, 0.25) is 0 Å². The predicted octanol–water partition coefficient (Wildman–Crippen LogP) is 1.75. The molecular formula is C16H29N3O3S. The van der Waals surface area contributed by atoms with Crippen molar-refractivity contribution in [3.63, 3.8) is 0 Å². The van der Waals surface area contributed by atoms with Crippen LogP contribution in [0.3, 0.4) is 0 Å². The zero-order valence-corrected chi connectivity index (χ0v) is 15.6. The molecule has 0 aromatic heterocycles. The van der Waals surface area contributed by atoms with Gasteiger partial charge in [0.2, 0.25) is 5.91 Å². The first kappa shape index (κ1) is 18.4. The second kappa shape index (κ2) is 7.30. The Morgan fingerprint density at radius 3 is 2.52 bits per heavy atom. The molecule has 2 atom stereocenters. The average Bonchev–Trinajstić information content (AvgIpc) is 3.11. The summed E-state index contributed by atoms with van der Waals surface area (Å²) < 4.78 is 5.40. The molecule has 1 saturated carbocycles. The van der Waals surface area contributed by atoms with E-state index in [0.29, 0.717) is 30.1 Å². The van der Waals surface area contributed by atoms with Crippen LogP contribution in [0.25, 0.3) is 0 Å². The van der Waals surface area contributed by atoms with E-state index in [4.69, 9.17) is 4.74 Å². The highest BCUT2D eigenvalue weighted by Gasteiger charge is 2.38. The lowest BCUT2D eigenvalue weighted by Crippen LogP contribution is -2.51. The Balaban J connectivity index is 1.88. The molecule has 0 unspecified atom stereocenters. The fourth-order valence-corrected chi connectivity index (χ4v) is 3.88. The molecule has 0 aromatic carbocycles. The summed E-state index contributed by atoms with van der Waals surface area (Å²) in [5, 5.41) is 3.03. The molecule has 2 amide bonds. The lowest BCUT2D eigenvalue weighted by Gasteiger charge is -2.29. The molecule has 1 saturated heterocycles. The molecule has 2 aliphatic rings. The molecule has 0 spiro atoms. The van der Waals surface area contributed by atoms with Gasteiger partial charge in [-0.3, -0.25) is 9.69 Å². The number of nitrogens with one attached hydrogen (secondary N) is 1. The fourth-order valence-electron chi connectivity index (χ4n) is 2.74. The molecule has 0 radical (unpaired) electrons. The van der Waals surface area contributed by atoms with Crippen molar-refractivity contribution in [1.29, 1.82) is 0 Å². The zero-order chi connectivity index (χ0) is 17.2. The third-order valence-electron chi connectivity index (χ3n) is 4.13.